The maximum absolute atomic E-state index is 14.4. The van der Waals surface area contributed by atoms with Crippen molar-refractivity contribution in [3.8, 4) is 17.2 Å². The quantitative estimate of drug-likeness (QED) is 0.508. The van der Waals surface area contributed by atoms with Crippen LogP contribution in [0, 0.1) is 12.7 Å². The highest BCUT2D eigenvalue weighted by Crippen LogP contribution is 2.29. The van der Waals surface area contributed by atoms with Gasteiger partial charge in [-0.25, -0.2) is 9.37 Å². The number of oxazole rings is 1. The van der Waals surface area contributed by atoms with Crippen molar-refractivity contribution in [2.75, 3.05) is 26.8 Å². The second-order valence-corrected chi connectivity index (χ2v) is 9.27. The van der Waals surface area contributed by atoms with Gasteiger partial charge in [0.25, 0.3) is 17.7 Å². The first kappa shape index (κ1) is 26.0. The van der Waals surface area contributed by atoms with Crippen molar-refractivity contribution >= 4 is 17.7 Å². The van der Waals surface area contributed by atoms with Crippen molar-refractivity contribution in [2.45, 2.75) is 32.0 Å². The van der Waals surface area contributed by atoms with Gasteiger partial charge in [0.05, 0.1) is 18.8 Å². The number of nitrogens with zero attached hydrogens (tertiary/aromatic N) is 2. The topological polar surface area (TPSA) is 132 Å². The number of aromatic nitrogens is 1. The molecule has 1 aromatic heterocycles. The molecule has 0 radical (unpaired) electrons. The molecule has 3 heterocycles. The summed E-state index contributed by atoms with van der Waals surface area (Å²) < 4.78 is 36.8. The number of rotatable bonds is 2. The number of nitrogens with one attached hydrogen (secondary N) is 2. The SMILES string of the molecule is COc1ccc2cc1OCC(=O)NCc1cc(F)cc(c1)O[C@@H]1CCN(C(=O)c3ocnc3C)C[C@@H]1NC2=O. The van der Waals surface area contributed by atoms with Crippen LogP contribution in [0.15, 0.2) is 47.2 Å². The summed E-state index contributed by atoms with van der Waals surface area (Å²) in [5.74, 6) is -0.876. The van der Waals surface area contributed by atoms with Crippen molar-refractivity contribution in [3.63, 3.8) is 0 Å². The van der Waals surface area contributed by atoms with Gasteiger partial charge < -0.3 is 34.2 Å². The summed E-state index contributed by atoms with van der Waals surface area (Å²) in [5, 5.41) is 5.63. The van der Waals surface area contributed by atoms with E-state index in [1.807, 2.05) is 0 Å². The van der Waals surface area contributed by atoms with Crippen molar-refractivity contribution in [1.29, 1.82) is 0 Å². The molecule has 12 heteroatoms. The molecule has 2 atom stereocenters. The zero-order chi connectivity index (χ0) is 27.5. The van der Waals surface area contributed by atoms with Gasteiger partial charge in [0.1, 0.15) is 17.7 Å². The molecule has 11 nitrogen and oxygen atoms in total. The molecule has 0 aliphatic carbocycles. The largest absolute Gasteiger partial charge is 0.493 e. The van der Waals surface area contributed by atoms with Gasteiger partial charge in [0, 0.05) is 37.7 Å². The van der Waals surface area contributed by atoms with E-state index in [0.717, 1.165) is 0 Å². The van der Waals surface area contributed by atoms with E-state index in [1.165, 1.54) is 31.7 Å². The second-order valence-electron chi connectivity index (χ2n) is 9.27. The van der Waals surface area contributed by atoms with Crippen molar-refractivity contribution < 1.29 is 37.4 Å². The van der Waals surface area contributed by atoms with E-state index in [4.69, 9.17) is 18.6 Å². The fourth-order valence-corrected chi connectivity index (χ4v) is 4.59. The van der Waals surface area contributed by atoms with E-state index in [9.17, 15) is 18.8 Å². The maximum Gasteiger partial charge on any atom is 0.291 e. The minimum absolute atomic E-state index is 0.0527. The Bertz CT molecular complexity index is 1410. The first-order valence-electron chi connectivity index (χ1n) is 12.3. The Morgan fingerprint density at radius 1 is 1.21 bits per heavy atom. The molecule has 3 aromatic rings. The fraction of sp³-hybridized carbons (Fsp3) is 0.333. The molecule has 204 valence electrons. The van der Waals surface area contributed by atoms with Crippen LogP contribution in [-0.2, 0) is 11.3 Å². The molecule has 2 aliphatic rings. The number of carbonyl (C=O) groups is 3. The number of aryl methyl sites for hydroxylation is 1. The summed E-state index contributed by atoms with van der Waals surface area (Å²) in [6, 6.07) is 8.11. The normalized spacial score (nSPS) is 19.6. The van der Waals surface area contributed by atoms with Crippen LogP contribution in [0.5, 0.6) is 17.2 Å². The number of fused-ring (bicyclic) bond motifs is 5. The van der Waals surface area contributed by atoms with Gasteiger partial charge in [-0.2, -0.15) is 0 Å². The van der Waals surface area contributed by atoms with E-state index in [2.05, 4.69) is 15.6 Å². The third kappa shape index (κ3) is 5.79. The second kappa shape index (κ2) is 11.0. The number of hydrogen-bond acceptors (Lipinski definition) is 8. The van der Waals surface area contributed by atoms with Crippen molar-refractivity contribution in [1.82, 2.24) is 20.5 Å². The highest BCUT2D eigenvalue weighted by molar-refractivity contribution is 5.95. The Morgan fingerprint density at radius 3 is 2.82 bits per heavy atom. The van der Waals surface area contributed by atoms with Crippen LogP contribution in [0.2, 0.25) is 0 Å². The van der Waals surface area contributed by atoms with Gasteiger partial charge in [-0.15, -0.1) is 0 Å². The Kier molecular flexibility index (Phi) is 7.35. The molecule has 4 bridgehead atoms. The number of amides is 3. The van der Waals surface area contributed by atoms with Crippen molar-refractivity contribution in [3.05, 3.63) is 71.2 Å². The molecule has 2 N–H and O–H groups in total. The highest BCUT2D eigenvalue weighted by atomic mass is 19.1. The monoisotopic (exact) mass is 538 g/mol. The van der Waals surface area contributed by atoms with Crippen LogP contribution < -0.4 is 24.8 Å². The van der Waals surface area contributed by atoms with E-state index in [0.29, 0.717) is 30.0 Å². The lowest BCUT2D eigenvalue weighted by Crippen LogP contribution is -2.58. The predicted molar refractivity (Wildman–Crippen MR) is 134 cm³/mol. The molecule has 0 unspecified atom stereocenters. The number of likely N-dealkylation sites (tertiary alicyclic amines) is 1. The molecule has 1 fully saturated rings. The third-order valence-electron chi connectivity index (χ3n) is 6.59. The summed E-state index contributed by atoms with van der Waals surface area (Å²) >= 11 is 0. The van der Waals surface area contributed by atoms with Crippen LogP contribution in [0.4, 0.5) is 4.39 Å². The lowest BCUT2D eigenvalue weighted by atomic mass is 10.0. The van der Waals surface area contributed by atoms with Gasteiger partial charge in [-0.3, -0.25) is 14.4 Å². The number of hydrogen-bond donors (Lipinski definition) is 2. The fourth-order valence-electron chi connectivity index (χ4n) is 4.59. The molecule has 2 aliphatic heterocycles. The number of methoxy groups -OCH3 is 1. The Labute approximate surface area is 223 Å². The first-order valence-corrected chi connectivity index (χ1v) is 12.3. The van der Waals surface area contributed by atoms with E-state index >= 15 is 0 Å². The Balaban J connectivity index is 1.47. The van der Waals surface area contributed by atoms with Crippen LogP contribution >= 0.6 is 0 Å². The molecule has 1 saturated heterocycles. The van der Waals surface area contributed by atoms with Gasteiger partial charge in [-0.05, 0) is 42.8 Å². The summed E-state index contributed by atoms with van der Waals surface area (Å²) in [7, 11) is 1.45. The third-order valence-corrected chi connectivity index (χ3v) is 6.59. The first-order chi connectivity index (χ1) is 18.8. The zero-order valence-electron chi connectivity index (χ0n) is 21.4. The molecular formula is C27H27FN4O7. The number of piperidine rings is 1. The number of benzene rings is 2. The van der Waals surface area contributed by atoms with Gasteiger partial charge in [0.15, 0.2) is 24.5 Å². The Hall–Kier alpha value is -4.61. The molecular weight excluding hydrogens is 511 g/mol. The van der Waals surface area contributed by atoms with Crippen LogP contribution in [-0.4, -0.2) is 66.6 Å². The molecule has 39 heavy (non-hydrogen) atoms. The molecule has 5 rings (SSSR count). The average Bonchev–Trinajstić information content (AvgIpc) is 3.36. The lowest BCUT2D eigenvalue weighted by molar-refractivity contribution is -0.123. The van der Waals surface area contributed by atoms with E-state index in [1.54, 1.807) is 30.0 Å². The van der Waals surface area contributed by atoms with E-state index in [-0.39, 0.29) is 48.4 Å². The average molecular weight is 539 g/mol. The van der Waals surface area contributed by atoms with Gasteiger partial charge in [0.2, 0.25) is 5.76 Å². The minimum atomic E-state index is -0.649. The number of carbonyl (C=O) groups excluding carboxylic acids is 3. The van der Waals surface area contributed by atoms with Crippen LogP contribution in [0.3, 0.4) is 0 Å². The summed E-state index contributed by atoms with van der Waals surface area (Å²) in [6.07, 6.45) is 0.975. The van der Waals surface area contributed by atoms with Crippen LogP contribution in [0.25, 0.3) is 0 Å². The Morgan fingerprint density at radius 2 is 2.05 bits per heavy atom. The molecule has 0 spiro atoms. The highest BCUT2D eigenvalue weighted by Gasteiger charge is 2.36. The molecule has 2 aromatic carbocycles. The van der Waals surface area contributed by atoms with Crippen molar-refractivity contribution in [2.24, 2.45) is 0 Å². The summed E-state index contributed by atoms with van der Waals surface area (Å²) in [5.41, 5.74) is 1.20. The van der Waals surface area contributed by atoms with Crippen LogP contribution in [0.1, 0.15) is 38.6 Å². The molecule has 0 saturated carbocycles. The van der Waals surface area contributed by atoms with Gasteiger partial charge >= 0.3 is 0 Å². The zero-order valence-corrected chi connectivity index (χ0v) is 21.4. The number of halogens is 1. The van der Waals surface area contributed by atoms with Gasteiger partial charge in [-0.1, -0.05) is 0 Å². The van der Waals surface area contributed by atoms with E-state index < -0.39 is 29.8 Å². The minimum Gasteiger partial charge on any atom is -0.493 e. The maximum atomic E-state index is 14.4. The lowest BCUT2D eigenvalue weighted by Gasteiger charge is -2.38. The smallest absolute Gasteiger partial charge is 0.291 e. The summed E-state index contributed by atoms with van der Waals surface area (Å²) in [6.45, 7) is 1.82. The molecule has 3 amide bonds. The number of ether oxygens (including phenoxy) is 3. The predicted octanol–water partition coefficient (Wildman–Crippen LogP) is 2.23. The summed E-state index contributed by atoms with van der Waals surface area (Å²) in [4.78, 5) is 44.4. The standard InChI is InChI=1S/C27H27FN4O7/c1-15-25(38-14-30-15)27(35)32-6-5-21-20(12-32)31-26(34)17-3-4-22(36-2)23(9-17)37-13-24(33)29-11-16-7-18(28)10-19(8-16)39-21/h3-4,7-10,14,20-21H,5-6,11-13H2,1-2H3,(H,29,33)(H,31,34)/t20-,21+/m0/s1.